The van der Waals surface area contributed by atoms with Crippen LogP contribution in [-0.4, -0.2) is 21.0 Å². The molecule has 2 aromatic heterocycles. The molecule has 0 aliphatic carbocycles. The Bertz CT molecular complexity index is 1160. The lowest BCUT2D eigenvalue weighted by Gasteiger charge is -2.09. The van der Waals surface area contributed by atoms with Crippen LogP contribution in [0.25, 0.3) is 27.1 Å². The molecule has 1 aliphatic heterocycles. The van der Waals surface area contributed by atoms with Crippen LogP contribution in [0.1, 0.15) is 0 Å². The third-order valence-electron chi connectivity index (χ3n) is 4.69. The summed E-state index contributed by atoms with van der Waals surface area (Å²) in [5.74, 6) is 3.05. The van der Waals surface area contributed by atoms with Gasteiger partial charge in [0, 0.05) is 17.5 Å². The van der Waals surface area contributed by atoms with Crippen LogP contribution in [0.2, 0.25) is 0 Å². The van der Waals surface area contributed by atoms with Gasteiger partial charge in [0.1, 0.15) is 0 Å². The Hall–Kier alpha value is -2.92. The quantitative estimate of drug-likeness (QED) is 0.293. The molecule has 5 rings (SSSR count). The number of ether oxygens (including phenoxy) is 4. The van der Waals surface area contributed by atoms with Gasteiger partial charge in [0.2, 0.25) is 12.3 Å². The first-order valence-electron chi connectivity index (χ1n) is 8.00. The lowest BCUT2D eigenvalue weighted by atomic mass is 10.1. The molecule has 0 unspecified atom stereocenters. The average Bonchev–Trinajstić information content (AvgIpc) is 3.14. The van der Waals surface area contributed by atoms with Gasteiger partial charge in [0.15, 0.2) is 35.4 Å². The molecule has 3 heterocycles. The minimum absolute atomic E-state index is 0. The minimum Gasteiger partial charge on any atom is -1.00 e. The molecule has 26 heavy (non-hydrogen) atoms. The highest BCUT2D eigenvalue weighted by molar-refractivity contribution is 6.01. The van der Waals surface area contributed by atoms with Gasteiger partial charge in [-0.25, -0.2) is 0 Å². The summed E-state index contributed by atoms with van der Waals surface area (Å²) in [6, 6.07) is 12.2. The first-order chi connectivity index (χ1) is 12.3. The summed E-state index contributed by atoms with van der Waals surface area (Å²) >= 11 is 0. The van der Waals surface area contributed by atoms with Crippen molar-refractivity contribution in [2.24, 2.45) is 0 Å². The van der Waals surface area contributed by atoms with Crippen LogP contribution in [0.4, 0.5) is 0 Å². The average molecular weight is 370 g/mol. The van der Waals surface area contributed by atoms with E-state index in [0.717, 1.165) is 50.1 Å². The van der Waals surface area contributed by atoms with Gasteiger partial charge in [0.25, 0.3) is 0 Å². The number of fused-ring (bicyclic) bond motifs is 6. The van der Waals surface area contributed by atoms with Crippen molar-refractivity contribution in [3.8, 4) is 23.0 Å². The van der Waals surface area contributed by atoms with Crippen molar-refractivity contribution in [3.05, 3.63) is 48.8 Å². The van der Waals surface area contributed by atoms with Gasteiger partial charge < -0.3 is 31.4 Å². The summed E-state index contributed by atoms with van der Waals surface area (Å²) < 4.78 is 24.1. The number of methoxy groups -OCH3 is 2. The van der Waals surface area contributed by atoms with Crippen molar-refractivity contribution in [1.29, 1.82) is 0 Å². The van der Waals surface area contributed by atoms with Gasteiger partial charge in [0.05, 0.1) is 25.0 Å². The monoisotopic (exact) mass is 369 g/mol. The molecular weight excluding hydrogens is 354 g/mol. The minimum atomic E-state index is 0. The molecule has 1 aliphatic rings. The van der Waals surface area contributed by atoms with Crippen LogP contribution >= 0.6 is 0 Å². The van der Waals surface area contributed by atoms with Crippen molar-refractivity contribution in [1.82, 2.24) is 0 Å². The number of pyridine rings is 2. The zero-order valence-corrected chi connectivity index (χ0v) is 15.0. The van der Waals surface area contributed by atoms with E-state index in [9.17, 15) is 0 Å². The predicted molar refractivity (Wildman–Crippen MR) is 93.8 cm³/mol. The van der Waals surface area contributed by atoms with E-state index in [-0.39, 0.29) is 19.2 Å². The molecule has 0 fully saturated rings. The molecule has 6 heteroatoms. The molecular formula is C20H16ClNO4. The van der Waals surface area contributed by atoms with E-state index in [2.05, 4.69) is 28.8 Å². The van der Waals surface area contributed by atoms with E-state index < -0.39 is 0 Å². The molecule has 0 saturated heterocycles. The Labute approximate surface area is 156 Å². The molecule has 132 valence electrons. The molecule has 2 aromatic carbocycles. The second-order valence-electron chi connectivity index (χ2n) is 5.98. The van der Waals surface area contributed by atoms with Crippen LogP contribution in [0, 0.1) is 0 Å². The maximum absolute atomic E-state index is 5.65. The lowest BCUT2D eigenvalue weighted by Crippen LogP contribution is -3.00. The summed E-state index contributed by atoms with van der Waals surface area (Å²) in [7, 11) is 3.30. The van der Waals surface area contributed by atoms with Crippen LogP contribution in [0.15, 0.2) is 48.8 Å². The zero-order valence-electron chi connectivity index (χ0n) is 14.3. The first kappa shape index (κ1) is 16.5. The van der Waals surface area contributed by atoms with E-state index in [1.165, 1.54) is 0 Å². The topological polar surface area (TPSA) is 41.0 Å². The Kier molecular flexibility index (Phi) is 3.89. The number of hydrogen-bond acceptors (Lipinski definition) is 4. The van der Waals surface area contributed by atoms with Gasteiger partial charge in [-0.05, 0) is 29.7 Å². The van der Waals surface area contributed by atoms with Gasteiger partial charge in [-0.1, -0.05) is 0 Å². The van der Waals surface area contributed by atoms with Crippen molar-refractivity contribution in [3.63, 3.8) is 0 Å². The fourth-order valence-corrected chi connectivity index (χ4v) is 3.47. The Morgan fingerprint density at radius 2 is 1.65 bits per heavy atom. The van der Waals surface area contributed by atoms with Crippen LogP contribution in [0.3, 0.4) is 0 Å². The van der Waals surface area contributed by atoms with E-state index in [4.69, 9.17) is 18.9 Å². The number of benzene rings is 2. The fraction of sp³-hybridized carbons (Fsp3) is 0.150. The number of aromatic nitrogens is 1. The maximum atomic E-state index is 5.65. The summed E-state index contributed by atoms with van der Waals surface area (Å²) in [5, 5.41) is 4.33. The molecule has 5 nitrogen and oxygen atoms in total. The number of halogens is 1. The molecule has 0 bridgehead atoms. The Balaban J connectivity index is 0.00000168. The number of rotatable bonds is 2. The predicted octanol–water partition coefficient (Wildman–Crippen LogP) is 0.482. The maximum Gasteiger partial charge on any atom is 0.231 e. The van der Waals surface area contributed by atoms with E-state index >= 15 is 0 Å². The van der Waals surface area contributed by atoms with Gasteiger partial charge in [-0.15, -0.1) is 0 Å². The Morgan fingerprint density at radius 1 is 0.885 bits per heavy atom. The van der Waals surface area contributed by atoms with Gasteiger partial charge >= 0.3 is 0 Å². The summed E-state index contributed by atoms with van der Waals surface area (Å²) in [4.78, 5) is 0. The summed E-state index contributed by atoms with van der Waals surface area (Å²) in [6.07, 6.45) is 4.13. The molecule has 0 N–H and O–H groups in total. The van der Waals surface area contributed by atoms with Crippen molar-refractivity contribution in [2.75, 3.05) is 21.0 Å². The second kappa shape index (κ2) is 6.11. The summed E-state index contributed by atoms with van der Waals surface area (Å²) in [6.45, 7) is 0.272. The third kappa shape index (κ3) is 2.28. The molecule has 0 atom stereocenters. The standard InChI is InChI=1S/C20H16NO4.ClH/c1-22-18-8-12-7-16-14-3-4-17-20(25-11-24-17)15(14)5-6-21(16)10-13(12)9-19(18)23-2;/h3-10H,11H2,1-2H3;1H/q+1;/p-1. The highest BCUT2D eigenvalue weighted by atomic mass is 35.5. The lowest BCUT2D eigenvalue weighted by molar-refractivity contribution is -0.509. The molecule has 0 amide bonds. The molecule has 0 spiro atoms. The van der Waals surface area contributed by atoms with Gasteiger partial charge in [-0.2, -0.15) is 4.40 Å². The van der Waals surface area contributed by atoms with Crippen LogP contribution < -0.4 is 35.8 Å². The zero-order chi connectivity index (χ0) is 17.0. The number of nitrogens with zero attached hydrogens (tertiary/aromatic N) is 1. The van der Waals surface area contributed by atoms with Crippen LogP contribution in [-0.2, 0) is 0 Å². The van der Waals surface area contributed by atoms with E-state index in [0.29, 0.717) is 0 Å². The van der Waals surface area contributed by atoms with Crippen molar-refractivity contribution >= 4 is 27.1 Å². The first-order valence-corrected chi connectivity index (χ1v) is 8.00. The van der Waals surface area contributed by atoms with Crippen molar-refractivity contribution < 1.29 is 35.8 Å². The van der Waals surface area contributed by atoms with Gasteiger partial charge in [-0.3, -0.25) is 0 Å². The number of hydrogen-bond donors (Lipinski definition) is 0. The van der Waals surface area contributed by atoms with Crippen molar-refractivity contribution in [2.45, 2.75) is 0 Å². The fourth-order valence-electron chi connectivity index (χ4n) is 3.47. The third-order valence-corrected chi connectivity index (χ3v) is 4.69. The second-order valence-corrected chi connectivity index (χ2v) is 5.98. The van der Waals surface area contributed by atoms with E-state index in [1.807, 2.05) is 24.4 Å². The molecule has 0 radical (unpaired) electrons. The largest absolute Gasteiger partial charge is 1.00 e. The molecule has 4 aromatic rings. The Morgan fingerprint density at radius 3 is 2.42 bits per heavy atom. The van der Waals surface area contributed by atoms with E-state index in [1.54, 1.807) is 14.2 Å². The highest BCUT2D eigenvalue weighted by Gasteiger charge is 2.20. The van der Waals surface area contributed by atoms with Crippen LogP contribution in [0.5, 0.6) is 23.0 Å². The molecule has 0 saturated carbocycles. The highest BCUT2D eigenvalue weighted by Crippen LogP contribution is 2.40. The smallest absolute Gasteiger partial charge is 0.231 e. The normalized spacial score (nSPS) is 12.4. The summed E-state index contributed by atoms with van der Waals surface area (Å²) in [5.41, 5.74) is 1.09. The SMILES string of the molecule is COc1cc2cc3c4ccc5c(c4cc[n+]3cc2cc1OC)OCO5.[Cl-].